The Morgan fingerprint density at radius 3 is 2.81 bits per heavy atom. The number of carbonyl (C=O) groups is 1. The first-order valence-electron chi connectivity index (χ1n) is 8.50. The van der Waals surface area contributed by atoms with Gasteiger partial charge in [0.15, 0.2) is 0 Å². The van der Waals surface area contributed by atoms with Crippen LogP contribution in [0.15, 0.2) is 24.4 Å². The lowest BCUT2D eigenvalue weighted by molar-refractivity contribution is 0.108. The fourth-order valence-electron chi connectivity index (χ4n) is 2.30. The van der Waals surface area contributed by atoms with Crippen LogP contribution < -0.4 is 15.4 Å². The Hall–Kier alpha value is -2.25. The van der Waals surface area contributed by atoms with Gasteiger partial charge in [-0.2, -0.15) is 5.10 Å². The molecule has 2 rings (SSSR count). The summed E-state index contributed by atoms with van der Waals surface area (Å²) in [7, 11) is 0. The van der Waals surface area contributed by atoms with Crippen molar-refractivity contribution < 1.29 is 14.6 Å². The Balaban J connectivity index is 1.69. The summed E-state index contributed by atoms with van der Waals surface area (Å²) in [5.74, 6) is 0.624. The number of nitrogens with zero attached hydrogens (tertiary/aromatic N) is 2. The van der Waals surface area contributed by atoms with Gasteiger partial charge in [0, 0.05) is 36.4 Å². The molecule has 0 aliphatic carbocycles. The molecule has 2 aromatic rings. The van der Waals surface area contributed by atoms with Gasteiger partial charge in [0.1, 0.15) is 18.5 Å². The number of rotatable bonds is 8. The Kier molecular flexibility index (Phi) is 7.29. The smallest absolute Gasteiger partial charge is 0.315 e. The van der Waals surface area contributed by atoms with Crippen molar-refractivity contribution in [3.8, 4) is 5.75 Å². The standard InChI is InChI=1S/C18H25ClN4O3/c1-4-23-10-14(13(3)22-23)8-20-18(25)21-9-15(24)11-26-16-5-6-17(19)12(2)7-16/h5-7,10,15,24H,4,8-9,11H2,1-3H3,(H2,20,21,25)/t15-/m1/s1. The molecule has 0 spiro atoms. The van der Waals surface area contributed by atoms with E-state index in [1.165, 1.54) is 0 Å². The van der Waals surface area contributed by atoms with Gasteiger partial charge in [-0.1, -0.05) is 11.6 Å². The zero-order valence-electron chi connectivity index (χ0n) is 15.3. The molecule has 0 aliphatic heterocycles. The lowest BCUT2D eigenvalue weighted by Gasteiger charge is -2.14. The number of ether oxygens (including phenoxy) is 1. The van der Waals surface area contributed by atoms with Crippen LogP contribution in [0.5, 0.6) is 5.75 Å². The zero-order chi connectivity index (χ0) is 19.1. The highest BCUT2D eigenvalue weighted by molar-refractivity contribution is 6.31. The molecule has 0 unspecified atom stereocenters. The molecule has 0 bridgehead atoms. The van der Waals surface area contributed by atoms with Crippen molar-refractivity contribution in [3.63, 3.8) is 0 Å². The number of benzene rings is 1. The van der Waals surface area contributed by atoms with Crippen LogP contribution >= 0.6 is 11.6 Å². The average molecular weight is 381 g/mol. The molecule has 0 radical (unpaired) electrons. The molecule has 1 atom stereocenters. The van der Waals surface area contributed by atoms with Gasteiger partial charge in [-0.05, 0) is 44.5 Å². The predicted octanol–water partition coefficient (Wildman–Crippen LogP) is 2.41. The number of hydrogen-bond donors (Lipinski definition) is 3. The Morgan fingerprint density at radius 1 is 1.38 bits per heavy atom. The van der Waals surface area contributed by atoms with Gasteiger partial charge in [0.25, 0.3) is 0 Å². The minimum atomic E-state index is -0.818. The van der Waals surface area contributed by atoms with Crippen LogP contribution in [-0.2, 0) is 13.1 Å². The quantitative estimate of drug-likeness (QED) is 0.656. The molecule has 0 saturated carbocycles. The number of amides is 2. The van der Waals surface area contributed by atoms with Gasteiger partial charge in [-0.15, -0.1) is 0 Å². The lowest BCUT2D eigenvalue weighted by atomic mass is 10.2. The molecule has 7 nitrogen and oxygen atoms in total. The average Bonchev–Trinajstić information content (AvgIpc) is 2.99. The molecular weight excluding hydrogens is 356 g/mol. The third-order valence-corrected chi connectivity index (χ3v) is 4.31. The maximum absolute atomic E-state index is 11.8. The number of carbonyl (C=O) groups excluding carboxylic acids is 1. The van der Waals surface area contributed by atoms with Crippen molar-refractivity contribution in [2.45, 2.75) is 40.0 Å². The van der Waals surface area contributed by atoms with Crippen molar-refractivity contribution in [2.75, 3.05) is 13.2 Å². The van der Waals surface area contributed by atoms with E-state index < -0.39 is 6.10 Å². The van der Waals surface area contributed by atoms with E-state index in [0.29, 0.717) is 17.3 Å². The van der Waals surface area contributed by atoms with Crippen molar-refractivity contribution in [2.24, 2.45) is 0 Å². The number of nitrogens with one attached hydrogen (secondary N) is 2. The van der Waals surface area contributed by atoms with Gasteiger partial charge in [-0.3, -0.25) is 4.68 Å². The van der Waals surface area contributed by atoms with Crippen LogP contribution in [0.2, 0.25) is 5.02 Å². The second kappa shape index (κ2) is 9.45. The number of urea groups is 1. The number of halogens is 1. The van der Waals surface area contributed by atoms with Crippen LogP contribution in [0.25, 0.3) is 0 Å². The predicted molar refractivity (Wildman–Crippen MR) is 101 cm³/mol. The number of aryl methyl sites for hydroxylation is 3. The summed E-state index contributed by atoms with van der Waals surface area (Å²) in [6.45, 7) is 7.12. The summed E-state index contributed by atoms with van der Waals surface area (Å²) in [5.41, 5.74) is 2.75. The van der Waals surface area contributed by atoms with Crippen LogP contribution in [0.1, 0.15) is 23.7 Å². The molecule has 0 aliphatic rings. The van der Waals surface area contributed by atoms with Crippen molar-refractivity contribution in [3.05, 3.63) is 46.2 Å². The molecule has 1 heterocycles. The Morgan fingerprint density at radius 2 is 2.15 bits per heavy atom. The lowest BCUT2D eigenvalue weighted by Crippen LogP contribution is -2.41. The second-order valence-corrected chi connectivity index (χ2v) is 6.44. The maximum atomic E-state index is 11.8. The molecule has 0 saturated heterocycles. The Bertz CT molecular complexity index is 748. The third-order valence-electron chi connectivity index (χ3n) is 3.88. The first kappa shape index (κ1) is 20.1. The van der Waals surface area contributed by atoms with Crippen molar-refractivity contribution >= 4 is 17.6 Å². The monoisotopic (exact) mass is 380 g/mol. The highest BCUT2D eigenvalue weighted by Crippen LogP contribution is 2.21. The maximum Gasteiger partial charge on any atom is 0.315 e. The fourth-order valence-corrected chi connectivity index (χ4v) is 2.42. The van der Waals surface area contributed by atoms with E-state index in [-0.39, 0.29) is 19.2 Å². The van der Waals surface area contributed by atoms with Gasteiger partial charge in [0.2, 0.25) is 0 Å². The SMILES string of the molecule is CCn1cc(CNC(=O)NC[C@@H](O)COc2ccc(Cl)c(C)c2)c(C)n1. The van der Waals surface area contributed by atoms with E-state index in [2.05, 4.69) is 15.7 Å². The van der Waals surface area contributed by atoms with Crippen molar-refractivity contribution in [1.82, 2.24) is 20.4 Å². The van der Waals surface area contributed by atoms with E-state index in [9.17, 15) is 9.90 Å². The number of aromatic nitrogens is 2. The summed E-state index contributed by atoms with van der Waals surface area (Å²) in [6, 6.07) is 4.93. The summed E-state index contributed by atoms with van der Waals surface area (Å²) in [5, 5.41) is 20.3. The van der Waals surface area contributed by atoms with Gasteiger partial charge >= 0.3 is 6.03 Å². The van der Waals surface area contributed by atoms with Crippen LogP contribution in [0, 0.1) is 13.8 Å². The topological polar surface area (TPSA) is 88.4 Å². The molecule has 142 valence electrons. The van der Waals surface area contributed by atoms with E-state index in [4.69, 9.17) is 16.3 Å². The van der Waals surface area contributed by atoms with Crippen LogP contribution in [0.3, 0.4) is 0 Å². The van der Waals surface area contributed by atoms with E-state index in [1.54, 1.807) is 18.2 Å². The Labute approximate surface area is 158 Å². The van der Waals surface area contributed by atoms with Gasteiger partial charge in [0.05, 0.1) is 5.69 Å². The largest absolute Gasteiger partial charge is 0.491 e. The first-order chi connectivity index (χ1) is 12.4. The minimum Gasteiger partial charge on any atom is -0.491 e. The third kappa shape index (κ3) is 5.93. The first-order valence-corrected chi connectivity index (χ1v) is 8.88. The normalized spacial score (nSPS) is 11.9. The summed E-state index contributed by atoms with van der Waals surface area (Å²) >= 11 is 5.96. The van der Waals surface area contributed by atoms with Crippen molar-refractivity contribution in [1.29, 1.82) is 0 Å². The zero-order valence-corrected chi connectivity index (χ0v) is 16.0. The molecule has 26 heavy (non-hydrogen) atoms. The molecule has 1 aromatic heterocycles. The minimum absolute atomic E-state index is 0.0731. The summed E-state index contributed by atoms with van der Waals surface area (Å²) in [4.78, 5) is 11.8. The summed E-state index contributed by atoms with van der Waals surface area (Å²) in [6.07, 6.45) is 1.09. The molecule has 8 heteroatoms. The van der Waals surface area contributed by atoms with Crippen LogP contribution in [-0.4, -0.2) is 40.2 Å². The van der Waals surface area contributed by atoms with E-state index in [1.807, 2.05) is 31.6 Å². The van der Waals surface area contributed by atoms with E-state index in [0.717, 1.165) is 23.4 Å². The van der Waals surface area contributed by atoms with E-state index >= 15 is 0 Å². The van der Waals surface area contributed by atoms with Gasteiger partial charge in [-0.25, -0.2) is 4.79 Å². The summed E-state index contributed by atoms with van der Waals surface area (Å²) < 4.78 is 7.33. The van der Waals surface area contributed by atoms with Gasteiger partial charge < -0.3 is 20.5 Å². The molecule has 1 aromatic carbocycles. The molecule has 2 amide bonds. The number of aliphatic hydroxyl groups is 1. The number of aliphatic hydroxyl groups excluding tert-OH is 1. The highest BCUT2D eigenvalue weighted by Gasteiger charge is 2.10. The molecule has 0 fully saturated rings. The number of hydrogen-bond acceptors (Lipinski definition) is 4. The molecule has 3 N–H and O–H groups in total. The molecular formula is C18H25ClN4O3. The second-order valence-electron chi connectivity index (χ2n) is 6.03. The highest BCUT2D eigenvalue weighted by atomic mass is 35.5. The fraction of sp³-hybridized carbons (Fsp3) is 0.444. The van der Waals surface area contributed by atoms with Crippen LogP contribution in [0.4, 0.5) is 4.79 Å².